The zero-order valence-corrected chi connectivity index (χ0v) is 10.5. The first-order chi connectivity index (χ1) is 8.66. The van der Waals surface area contributed by atoms with Crippen molar-refractivity contribution in [2.24, 2.45) is 0 Å². The maximum Gasteiger partial charge on any atom is 0.290 e. The van der Waals surface area contributed by atoms with Crippen LogP contribution in [-0.4, -0.2) is 29.0 Å². The highest BCUT2D eigenvalue weighted by Crippen LogP contribution is 2.18. The smallest absolute Gasteiger partial charge is 0.290 e. The summed E-state index contributed by atoms with van der Waals surface area (Å²) in [6, 6.07) is 3.75. The molecule has 6 nitrogen and oxygen atoms in total. The average Bonchev–Trinajstić information content (AvgIpc) is 2.81. The summed E-state index contributed by atoms with van der Waals surface area (Å²) < 4.78 is 0. The summed E-state index contributed by atoms with van der Waals surface area (Å²) in [5.41, 5.74) is 0.516. The predicted octanol–water partition coefficient (Wildman–Crippen LogP) is 1.85. The monoisotopic (exact) mass is 250 g/mol. The van der Waals surface area contributed by atoms with E-state index in [2.05, 4.69) is 15.6 Å². The molecular weight excluding hydrogens is 232 g/mol. The van der Waals surface area contributed by atoms with Crippen molar-refractivity contribution >= 4 is 11.5 Å². The summed E-state index contributed by atoms with van der Waals surface area (Å²) in [5, 5.41) is 17.3. The molecule has 1 aliphatic heterocycles. The minimum absolute atomic E-state index is 0.0676. The predicted molar refractivity (Wildman–Crippen MR) is 69.8 cm³/mol. The second kappa shape index (κ2) is 5.77. The van der Waals surface area contributed by atoms with Crippen molar-refractivity contribution in [3.05, 3.63) is 27.9 Å². The van der Waals surface area contributed by atoms with E-state index in [0.717, 1.165) is 19.5 Å². The number of aromatic nitrogens is 1. The molecule has 2 N–H and O–H groups in total. The second-order valence-corrected chi connectivity index (χ2v) is 4.57. The van der Waals surface area contributed by atoms with Crippen LogP contribution in [0.25, 0.3) is 0 Å². The fraction of sp³-hybridized carbons (Fsp3) is 0.583. The molecule has 1 fully saturated rings. The number of hydrogen-bond acceptors (Lipinski definition) is 5. The van der Waals surface area contributed by atoms with Crippen LogP contribution in [0.5, 0.6) is 0 Å². The Hall–Kier alpha value is -1.69. The molecule has 2 heterocycles. The summed E-state index contributed by atoms with van der Waals surface area (Å²) in [5.74, 6) is 0.705. The fourth-order valence-electron chi connectivity index (χ4n) is 2.22. The molecule has 0 aliphatic carbocycles. The molecule has 0 spiro atoms. The van der Waals surface area contributed by atoms with Crippen LogP contribution < -0.4 is 10.6 Å². The maximum atomic E-state index is 10.7. The molecule has 18 heavy (non-hydrogen) atoms. The van der Waals surface area contributed by atoms with Gasteiger partial charge in [-0.3, -0.25) is 10.1 Å². The fourth-order valence-corrected chi connectivity index (χ4v) is 2.22. The lowest BCUT2D eigenvalue weighted by Gasteiger charge is -2.11. The van der Waals surface area contributed by atoms with Crippen LogP contribution in [-0.2, 0) is 0 Å². The molecule has 6 heteroatoms. The zero-order valence-electron chi connectivity index (χ0n) is 10.5. The van der Waals surface area contributed by atoms with Crippen LogP contribution in [0.2, 0.25) is 0 Å². The third kappa shape index (κ3) is 3.16. The minimum Gasteiger partial charge on any atom is -0.370 e. The number of nitrogens with one attached hydrogen (secondary N) is 2. The Morgan fingerprint density at radius 2 is 2.44 bits per heavy atom. The van der Waals surface area contributed by atoms with Gasteiger partial charge < -0.3 is 10.6 Å². The molecule has 1 saturated heterocycles. The molecule has 1 aromatic heterocycles. The molecule has 0 aromatic carbocycles. The van der Waals surface area contributed by atoms with Gasteiger partial charge in [0.25, 0.3) is 5.69 Å². The van der Waals surface area contributed by atoms with Crippen molar-refractivity contribution < 1.29 is 4.92 Å². The third-order valence-corrected chi connectivity index (χ3v) is 3.22. The highest BCUT2D eigenvalue weighted by atomic mass is 16.6. The number of pyridine rings is 1. The highest BCUT2D eigenvalue weighted by Gasteiger charge is 2.14. The number of aryl methyl sites for hydroxylation is 1. The van der Waals surface area contributed by atoms with E-state index in [4.69, 9.17) is 0 Å². The largest absolute Gasteiger partial charge is 0.370 e. The molecule has 2 rings (SSSR count). The highest BCUT2D eigenvalue weighted by molar-refractivity contribution is 5.44. The summed E-state index contributed by atoms with van der Waals surface area (Å²) in [6.07, 6.45) is 3.53. The van der Waals surface area contributed by atoms with Crippen molar-refractivity contribution in [3.8, 4) is 0 Å². The first-order valence-electron chi connectivity index (χ1n) is 6.26. The Bertz CT molecular complexity index is 430. The van der Waals surface area contributed by atoms with Gasteiger partial charge in [0.15, 0.2) is 0 Å². The van der Waals surface area contributed by atoms with Gasteiger partial charge in [-0.1, -0.05) is 0 Å². The molecule has 1 aromatic rings. The average molecular weight is 250 g/mol. The van der Waals surface area contributed by atoms with E-state index in [1.165, 1.54) is 18.9 Å². The summed E-state index contributed by atoms with van der Waals surface area (Å²) in [4.78, 5) is 14.4. The molecule has 0 amide bonds. The molecule has 0 saturated carbocycles. The van der Waals surface area contributed by atoms with Crippen molar-refractivity contribution in [3.63, 3.8) is 0 Å². The van der Waals surface area contributed by atoms with Crippen molar-refractivity contribution in [2.45, 2.75) is 32.2 Å². The van der Waals surface area contributed by atoms with Gasteiger partial charge in [-0.05, 0) is 38.8 Å². The van der Waals surface area contributed by atoms with Gasteiger partial charge >= 0.3 is 0 Å². The van der Waals surface area contributed by atoms with Crippen LogP contribution in [0, 0.1) is 17.0 Å². The summed E-state index contributed by atoms with van der Waals surface area (Å²) >= 11 is 0. The maximum absolute atomic E-state index is 10.7. The Kier molecular flexibility index (Phi) is 4.09. The summed E-state index contributed by atoms with van der Waals surface area (Å²) in [6.45, 7) is 3.60. The topological polar surface area (TPSA) is 80.1 Å². The van der Waals surface area contributed by atoms with Crippen LogP contribution >= 0.6 is 0 Å². The van der Waals surface area contributed by atoms with Crippen molar-refractivity contribution in [2.75, 3.05) is 18.4 Å². The van der Waals surface area contributed by atoms with Gasteiger partial charge in [0.2, 0.25) is 0 Å². The van der Waals surface area contributed by atoms with E-state index >= 15 is 0 Å². The number of rotatable bonds is 5. The van der Waals surface area contributed by atoms with Crippen molar-refractivity contribution in [1.29, 1.82) is 0 Å². The molecule has 1 atom stereocenters. The molecule has 98 valence electrons. The first kappa shape index (κ1) is 12.8. The number of nitrogens with zero attached hydrogens (tertiary/aromatic N) is 2. The third-order valence-electron chi connectivity index (χ3n) is 3.22. The van der Waals surface area contributed by atoms with E-state index < -0.39 is 4.92 Å². The number of anilines is 1. The lowest BCUT2D eigenvalue weighted by Crippen LogP contribution is -2.24. The lowest BCUT2D eigenvalue weighted by molar-refractivity contribution is -0.385. The molecule has 0 bridgehead atoms. The van der Waals surface area contributed by atoms with Gasteiger partial charge in [-0.2, -0.15) is 0 Å². The standard InChI is InChI=1S/C12H18N4O2/c1-9-11(16(17)18)4-5-12(15-9)14-8-6-10-3-2-7-13-10/h4-5,10,13H,2-3,6-8H2,1H3,(H,14,15)/t10-/m0/s1. The van der Waals surface area contributed by atoms with E-state index in [-0.39, 0.29) is 5.69 Å². The zero-order chi connectivity index (χ0) is 13.0. The lowest BCUT2D eigenvalue weighted by atomic mass is 10.1. The van der Waals surface area contributed by atoms with Crippen molar-refractivity contribution in [1.82, 2.24) is 10.3 Å². The van der Waals surface area contributed by atoms with Gasteiger partial charge in [0, 0.05) is 18.7 Å². The van der Waals surface area contributed by atoms with Gasteiger partial charge in [-0.15, -0.1) is 0 Å². The van der Waals surface area contributed by atoms with Crippen LogP contribution in [0.4, 0.5) is 11.5 Å². The van der Waals surface area contributed by atoms with Crippen LogP contribution in [0.3, 0.4) is 0 Å². The van der Waals surface area contributed by atoms with E-state index in [9.17, 15) is 10.1 Å². The van der Waals surface area contributed by atoms with Gasteiger partial charge in [-0.25, -0.2) is 4.98 Å². The first-order valence-corrected chi connectivity index (χ1v) is 6.26. The number of hydrogen-bond donors (Lipinski definition) is 2. The Morgan fingerprint density at radius 1 is 1.61 bits per heavy atom. The normalized spacial score (nSPS) is 18.8. The van der Waals surface area contributed by atoms with E-state index in [1.807, 2.05) is 0 Å². The SMILES string of the molecule is Cc1nc(NCC[C@@H]2CCCN2)ccc1[N+](=O)[O-]. The molecular formula is C12H18N4O2. The quantitative estimate of drug-likeness (QED) is 0.615. The number of nitro groups is 1. The van der Waals surface area contributed by atoms with Gasteiger partial charge in [0.1, 0.15) is 11.5 Å². The van der Waals surface area contributed by atoms with E-state index in [0.29, 0.717) is 17.6 Å². The minimum atomic E-state index is -0.408. The van der Waals surface area contributed by atoms with Gasteiger partial charge in [0.05, 0.1) is 4.92 Å². The van der Waals surface area contributed by atoms with Crippen LogP contribution in [0.1, 0.15) is 25.0 Å². The Labute approximate surface area is 106 Å². The Morgan fingerprint density at radius 3 is 3.06 bits per heavy atom. The van der Waals surface area contributed by atoms with Crippen LogP contribution in [0.15, 0.2) is 12.1 Å². The van der Waals surface area contributed by atoms with E-state index in [1.54, 1.807) is 13.0 Å². The summed E-state index contributed by atoms with van der Waals surface area (Å²) in [7, 11) is 0. The molecule has 1 aliphatic rings. The molecule has 0 unspecified atom stereocenters. The molecule has 0 radical (unpaired) electrons. The second-order valence-electron chi connectivity index (χ2n) is 4.57. The Balaban J connectivity index is 1.85.